The summed E-state index contributed by atoms with van der Waals surface area (Å²) in [6.45, 7) is 2.14. The van der Waals surface area contributed by atoms with Crippen LogP contribution in [0.25, 0.3) is 11.0 Å². The molecule has 5 heteroatoms. The molecule has 3 aromatic rings. The molecule has 114 valence electrons. The van der Waals surface area contributed by atoms with Crippen molar-refractivity contribution in [2.75, 3.05) is 19.1 Å². The van der Waals surface area contributed by atoms with Gasteiger partial charge < -0.3 is 14.2 Å². The number of anilines is 2. The molecule has 0 atom stereocenters. The lowest BCUT2D eigenvalue weighted by atomic mass is 10.1. The first kappa shape index (κ1) is 14.4. The molecule has 3 rings (SSSR count). The number of hydrogen-bond acceptors (Lipinski definition) is 4. The molecule has 0 unspecified atom stereocenters. The Bertz CT molecular complexity index is 810. The lowest BCUT2D eigenvalue weighted by molar-refractivity contribution is 0.414. The Balaban J connectivity index is 2.04. The highest BCUT2D eigenvalue weighted by molar-refractivity contribution is 5.79. The number of methoxy groups -OCH3 is 1. The quantitative estimate of drug-likeness (QED) is 0.741. The van der Waals surface area contributed by atoms with Crippen LogP contribution in [-0.2, 0) is 13.5 Å². The van der Waals surface area contributed by atoms with E-state index in [4.69, 9.17) is 4.74 Å². The van der Waals surface area contributed by atoms with Crippen molar-refractivity contribution in [3.8, 4) is 5.75 Å². The average molecular weight is 296 g/mol. The van der Waals surface area contributed by atoms with Crippen LogP contribution in [0.5, 0.6) is 5.75 Å². The van der Waals surface area contributed by atoms with E-state index in [2.05, 4.69) is 40.0 Å². The minimum atomic E-state index is 0.879. The van der Waals surface area contributed by atoms with Crippen LogP contribution in [0.3, 0.4) is 0 Å². The maximum absolute atomic E-state index is 5.31. The van der Waals surface area contributed by atoms with Crippen molar-refractivity contribution < 1.29 is 4.74 Å². The number of aryl methyl sites for hydroxylation is 2. The van der Waals surface area contributed by atoms with Crippen LogP contribution in [0.2, 0.25) is 0 Å². The van der Waals surface area contributed by atoms with E-state index in [1.807, 2.05) is 30.9 Å². The van der Waals surface area contributed by atoms with Crippen LogP contribution >= 0.6 is 0 Å². The second kappa shape index (κ2) is 5.67. The molecule has 0 saturated carbocycles. The fraction of sp³-hybridized carbons (Fsp3) is 0.294. The first-order valence-corrected chi connectivity index (χ1v) is 7.31. The van der Waals surface area contributed by atoms with Crippen LogP contribution < -0.4 is 9.64 Å². The van der Waals surface area contributed by atoms with Crippen LogP contribution in [0, 0.1) is 0 Å². The van der Waals surface area contributed by atoms with E-state index < -0.39 is 0 Å². The Hall–Kier alpha value is -2.56. The summed E-state index contributed by atoms with van der Waals surface area (Å²) in [5.74, 6) is 1.78. The van der Waals surface area contributed by atoms with E-state index in [1.54, 1.807) is 13.4 Å². The summed E-state index contributed by atoms with van der Waals surface area (Å²) in [6, 6.07) is 8.20. The van der Waals surface area contributed by atoms with Gasteiger partial charge in [-0.1, -0.05) is 6.92 Å². The SMILES string of the molecule is CCc1cc(OC)ccc1N(C)c1cc2c(cn1)ncn2C. The fourth-order valence-electron chi connectivity index (χ4n) is 2.63. The summed E-state index contributed by atoms with van der Waals surface area (Å²) < 4.78 is 7.32. The maximum atomic E-state index is 5.31. The Morgan fingerprint density at radius 2 is 2.05 bits per heavy atom. The molecular weight excluding hydrogens is 276 g/mol. The number of imidazole rings is 1. The van der Waals surface area contributed by atoms with Crippen molar-refractivity contribution >= 4 is 22.5 Å². The molecule has 0 amide bonds. The second-order valence-corrected chi connectivity index (χ2v) is 5.29. The summed E-state index contributed by atoms with van der Waals surface area (Å²) in [6.07, 6.45) is 4.56. The third-order valence-corrected chi connectivity index (χ3v) is 3.97. The zero-order valence-electron chi connectivity index (χ0n) is 13.4. The second-order valence-electron chi connectivity index (χ2n) is 5.29. The van der Waals surface area contributed by atoms with Gasteiger partial charge in [0.2, 0.25) is 0 Å². The molecule has 0 bridgehead atoms. The molecule has 0 aliphatic carbocycles. The average Bonchev–Trinajstić information content (AvgIpc) is 2.94. The molecule has 2 aromatic heterocycles. The molecule has 0 spiro atoms. The van der Waals surface area contributed by atoms with Crippen molar-refractivity contribution in [3.63, 3.8) is 0 Å². The lowest BCUT2D eigenvalue weighted by Crippen LogP contribution is -2.13. The van der Waals surface area contributed by atoms with Gasteiger partial charge in [-0.2, -0.15) is 0 Å². The molecule has 0 radical (unpaired) electrons. The highest BCUT2D eigenvalue weighted by atomic mass is 16.5. The van der Waals surface area contributed by atoms with E-state index in [0.717, 1.165) is 34.7 Å². The van der Waals surface area contributed by atoms with E-state index >= 15 is 0 Å². The molecule has 1 aromatic carbocycles. The Morgan fingerprint density at radius 3 is 2.77 bits per heavy atom. The lowest BCUT2D eigenvalue weighted by Gasteiger charge is -2.22. The summed E-state index contributed by atoms with van der Waals surface area (Å²) in [4.78, 5) is 10.9. The minimum Gasteiger partial charge on any atom is -0.497 e. The van der Waals surface area contributed by atoms with Gasteiger partial charge in [-0.25, -0.2) is 9.97 Å². The number of rotatable bonds is 4. The highest BCUT2D eigenvalue weighted by Gasteiger charge is 2.12. The molecular formula is C17H20N4O. The maximum Gasteiger partial charge on any atom is 0.134 e. The predicted molar refractivity (Wildman–Crippen MR) is 88.9 cm³/mol. The standard InChI is InChI=1S/C17H20N4O/c1-5-12-8-13(22-4)6-7-15(12)21(3)17-9-16-14(10-18-17)19-11-20(16)2/h6-11H,5H2,1-4H3. The molecule has 22 heavy (non-hydrogen) atoms. The zero-order valence-corrected chi connectivity index (χ0v) is 13.4. The number of benzene rings is 1. The van der Waals surface area contributed by atoms with Gasteiger partial charge in [-0.3, -0.25) is 0 Å². The van der Waals surface area contributed by atoms with Crippen molar-refractivity contribution in [3.05, 3.63) is 42.4 Å². The predicted octanol–water partition coefficient (Wildman–Crippen LogP) is 3.31. The molecule has 5 nitrogen and oxygen atoms in total. The van der Waals surface area contributed by atoms with Gasteiger partial charge in [0, 0.05) is 25.8 Å². The largest absolute Gasteiger partial charge is 0.497 e. The first-order chi connectivity index (χ1) is 10.6. The molecule has 0 aliphatic rings. The van der Waals surface area contributed by atoms with Gasteiger partial charge in [0.1, 0.15) is 17.1 Å². The monoisotopic (exact) mass is 296 g/mol. The number of nitrogens with zero attached hydrogens (tertiary/aromatic N) is 4. The number of pyridine rings is 1. The molecule has 0 saturated heterocycles. The van der Waals surface area contributed by atoms with Crippen LogP contribution in [0.4, 0.5) is 11.5 Å². The minimum absolute atomic E-state index is 0.879. The van der Waals surface area contributed by atoms with E-state index in [1.165, 1.54) is 5.56 Å². The van der Waals surface area contributed by atoms with E-state index in [9.17, 15) is 0 Å². The summed E-state index contributed by atoms with van der Waals surface area (Å²) in [5, 5.41) is 0. The van der Waals surface area contributed by atoms with Crippen LogP contribution in [0.1, 0.15) is 12.5 Å². The van der Waals surface area contributed by atoms with Crippen molar-refractivity contribution in [1.82, 2.24) is 14.5 Å². The van der Waals surface area contributed by atoms with Gasteiger partial charge in [-0.05, 0) is 30.2 Å². The Kier molecular flexibility index (Phi) is 3.71. The summed E-state index contributed by atoms with van der Waals surface area (Å²) >= 11 is 0. The topological polar surface area (TPSA) is 43.2 Å². The highest BCUT2D eigenvalue weighted by Crippen LogP contribution is 2.30. The van der Waals surface area contributed by atoms with Crippen LogP contribution in [-0.4, -0.2) is 28.7 Å². The van der Waals surface area contributed by atoms with Gasteiger partial charge in [-0.15, -0.1) is 0 Å². The third kappa shape index (κ3) is 2.39. The Labute approximate surface area is 130 Å². The van der Waals surface area contributed by atoms with Gasteiger partial charge >= 0.3 is 0 Å². The number of aromatic nitrogens is 3. The van der Waals surface area contributed by atoms with Crippen molar-refractivity contribution in [2.24, 2.45) is 7.05 Å². The zero-order chi connectivity index (χ0) is 15.7. The number of ether oxygens (including phenoxy) is 1. The first-order valence-electron chi connectivity index (χ1n) is 7.31. The third-order valence-electron chi connectivity index (χ3n) is 3.97. The Morgan fingerprint density at radius 1 is 1.23 bits per heavy atom. The van der Waals surface area contributed by atoms with Gasteiger partial charge in [0.05, 0.1) is 25.2 Å². The molecule has 2 heterocycles. The smallest absolute Gasteiger partial charge is 0.134 e. The molecule has 0 aliphatic heterocycles. The normalized spacial score (nSPS) is 10.9. The van der Waals surface area contributed by atoms with Crippen LogP contribution in [0.15, 0.2) is 36.8 Å². The summed E-state index contributed by atoms with van der Waals surface area (Å²) in [5.41, 5.74) is 4.35. The van der Waals surface area contributed by atoms with Crippen molar-refractivity contribution in [1.29, 1.82) is 0 Å². The number of hydrogen-bond donors (Lipinski definition) is 0. The van der Waals surface area contributed by atoms with Gasteiger partial charge in [0.15, 0.2) is 0 Å². The fourth-order valence-corrected chi connectivity index (χ4v) is 2.63. The molecule has 0 fully saturated rings. The number of fused-ring (bicyclic) bond motifs is 1. The van der Waals surface area contributed by atoms with E-state index in [-0.39, 0.29) is 0 Å². The van der Waals surface area contributed by atoms with Crippen molar-refractivity contribution in [2.45, 2.75) is 13.3 Å². The van der Waals surface area contributed by atoms with Gasteiger partial charge in [0.25, 0.3) is 0 Å². The summed E-state index contributed by atoms with van der Waals surface area (Å²) in [7, 11) is 5.71. The molecule has 0 N–H and O–H groups in total. The van der Waals surface area contributed by atoms with E-state index in [0.29, 0.717) is 0 Å².